The normalized spacial score (nSPS) is 14.7. The molecule has 0 saturated carbocycles. The van der Waals surface area contributed by atoms with E-state index in [-0.39, 0.29) is 29.2 Å². The fourth-order valence-corrected chi connectivity index (χ4v) is 6.01. The first-order valence-electron chi connectivity index (χ1n) is 13.6. The molecule has 12 heteroatoms. The van der Waals surface area contributed by atoms with E-state index in [1.807, 2.05) is 25.1 Å². The number of carbonyl (C=O) groups excluding carboxylic acids is 1. The summed E-state index contributed by atoms with van der Waals surface area (Å²) in [5.74, 6) is 0.889. The van der Waals surface area contributed by atoms with Crippen LogP contribution in [-0.4, -0.2) is 36.3 Å². The van der Waals surface area contributed by atoms with E-state index in [2.05, 4.69) is 0 Å². The van der Waals surface area contributed by atoms with Crippen LogP contribution >= 0.6 is 11.3 Å². The second-order valence-corrected chi connectivity index (χ2v) is 10.5. The monoisotopic (exact) mass is 603 g/mol. The Kier molecular flexibility index (Phi) is 8.58. The maximum Gasteiger partial charge on any atom is 0.338 e. The number of nitro groups is 1. The molecule has 0 radical (unpaired) electrons. The summed E-state index contributed by atoms with van der Waals surface area (Å²) < 4.78 is 23.9. The Labute approximate surface area is 250 Å². The van der Waals surface area contributed by atoms with E-state index in [0.29, 0.717) is 49.8 Å². The number of rotatable bonds is 10. The third-order valence-electron chi connectivity index (χ3n) is 6.89. The van der Waals surface area contributed by atoms with E-state index in [1.165, 1.54) is 24.9 Å². The zero-order chi connectivity index (χ0) is 30.7. The number of aromatic nitrogens is 1. The molecular weight excluding hydrogens is 574 g/mol. The van der Waals surface area contributed by atoms with Crippen LogP contribution in [0.3, 0.4) is 0 Å². The SMILES string of the molecule is CCCC1=C(C(=O)OCC)[C@H](c2ccccc2OC)n2c(s/c(=C\c3ccc(-c4ccc(OC)cc4[N+](=O)[O-])o3)c2=O)=N1. The largest absolute Gasteiger partial charge is 0.497 e. The minimum absolute atomic E-state index is 0.165. The van der Waals surface area contributed by atoms with Crippen LogP contribution in [0.25, 0.3) is 17.4 Å². The van der Waals surface area contributed by atoms with Crippen LogP contribution in [0.15, 0.2) is 80.1 Å². The zero-order valence-electron chi connectivity index (χ0n) is 24.0. The number of furan rings is 1. The van der Waals surface area contributed by atoms with Crippen molar-refractivity contribution in [2.45, 2.75) is 32.7 Å². The highest BCUT2D eigenvalue weighted by molar-refractivity contribution is 7.07. The minimum atomic E-state index is -0.829. The van der Waals surface area contributed by atoms with Gasteiger partial charge in [0.15, 0.2) is 4.80 Å². The van der Waals surface area contributed by atoms with Crippen LogP contribution in [0, 0.1) is 10.1 Å². The molecule has 43 heavy (non-hydrogen) atoms. The molecule has 5 rings (SSSR count). The van der Waals surface area contributed by atoms with Crippen molar-refractivity contribution in [2.75, 3.05) is 20.8 Å². The smallest absolute Gasteiger partial charge is 0.338 e. The number of allylic oxidation sites excluding steroid dienone is 1. The summed E-state index contributed by atoms with van der Waals surface area (Å²) in [6, 6.07) is 14.1. The maximum atomic E-state index is 14.0. The molecule has 0 unspecified atom stereocenters. The van der Waals surface area contributed by atoms with Crippen LogP contribution in [0.2, 0.25) is 0 Å². The Balaban J connectivity index is 1.68. The molecule has 0 fully saturated rings. The first kappa shape index (κ1) is 29.5. The number of thiazole rings is 1. The van der Waals surface area contributed by atoms with Crippen molar-refractivity contribution in [1.29, 1.82) is 0 Å². The van der Waals surface area contributed by atoms with Gasteiger partial charge in [-0.05, 0) is 43.7 Å². The Morgan fingerprint density at radius 1 is 1.14 bits per heavy atom. The molecule has 0 N–H and O–H groups in total. The van der Waals surface area contributed by atoms with Crippen LogP contribution in [0.5, 0.6) is 11.5 Å². The van der Waals surface area contributed by atoms with Crippen LogP contribution in [0.1, 0.15) is 44.1 Å². The van der Waals surface area contributed by atoms with Crippen LogP contribution in [-0.2, 0) is 9.53 Å². The zero-order valence-corrected chi connectivity index (χ0v) is 24.8. The fraction of sp³-hybridized carbons (Fsp3) is 0.258. The lowest BCUT2D eigenvalue weighted by atomic mass is 9.93. The molecule has 0 spiro atoms. The van der Waals surface area contributed by atoms with Gasteiger partial charge in [-0.3, -0.25) is 19.5 Å². The van der Waals surface area contributed by atoms with Gasteiger partial charge in [-0.1, -0.05) is 42.9 Å². The van der Waals surface area contributed by atoms with Gasteiger partial charge in [0.2, 0.25) is 0 Å². The Morgan fingerprint density at radius 2 is 1.93 bits per heavy atom. The fourth-order valence-electron chi connectivity index (χ4n) is 5.01. The second-order valence-electron chi connectivity index (χ2n) is 9.50. The number of fused-ring (bicyclic) bond motifs is 1. The molecule has 3 heterocycles. The maximum absolute atomic E-state index is 14.0. The molecule has 1 aliphatic heterocycles. The molecule has 4 aromatic rings. The van der Waals surface area contributed by atoms with Crippen molar-refractivity contribution in [3.63, 3.8) is 0 Å². The number of hydrogen-bond donors (Lipinski definition) is 0. The number of esters is 1. The highest BCUT2D eigenvalue weighted by Crippen LogP contribution is 2.37. The Bertz CT molecular complexity index is 1920. The van der Waals surface area contributed by atoms with Crippen molar-refractivity contribution >= 4 is 29.1 Å². The summed E-state index contributed by atoms with van der Waals surface area (Å²) in [6.45, 7) is 3.88. The number of carbonyl (C=O) groups is 1. The van der Waals surface area contributed by atoms with Crippen molar-refractivity contribution in [3.05, 3.63) is 107 Å². The van der Waals surface area contributed by atoms with Crippen molar-refractivity contribution in [3.8, 4) is 22.8 Å². The van der Waals surface area contributed by atoms with Gasteiger partial charge in [0.05, 0.1) is 53.2 Å². The highest BCUT2D eigenvalue weighted by Gasteiger charge is 2.35. The molecule has 2 aromatic carbocycles. The Morgan fingerprint density at radius 3 is 2.63 bits per heavy atom. The predicted octanol–water partition coefficient (Wildman–Crippen LogP) is 4.76. The molecule has 0 amide bonds. The number of hydrogen-bond acceptors (Lipinski definition) is 10. The van der Waals surface area contributed by atoms with Crippen molar-refractivity contribution in [1.82, 2.24) is 4.57 Å². The number of benzene rings is 2. The number of nitro benzene ring substituents is 1. The van der Waals surface area contributed by atoms with E-state index < -0.39 is 16.9 Å². The number of methoxy groups -OCH3 is 2. The number of nitrogens with zero attached hydrogens (tertiary/aromatic N) is 3. The molecule has 2 aromatic heterocycles. The molecule has 1 atom stereocenters. The van der Waals surface area contributed by atoms with Gasteiger partial charge >= 0.3 is 5.97 Å². The van der Waals surface area contributed by atoms with Crippen LogP contribution in [0.4, 0.5) is 5.69 Å². The lowest BCUT2D eigenvalue weighted by molar-refractivity contribution is -0.384. The first-order chi connectivity index (χ1) is 20.8. The van der Waals surface area contributed by atoms with Gasteiger partial charge in [0.25, 0.3) is 11.2 Å². The summed E-state index contributed by atoms with van der Waals surface area (Å²) in [7, 11) is 2.96. The van der Waals surface area contributed by atoms with E-state index >= 15 is 0 Å². The third-order valence-corrected chi connectivity index (χ3v) is 7.88. The first-order valence-corrected chi connectivity index (χ1v) is 14.4. The van der Waals surface area contributed by atoms with Crippen molar-refractivity contribution in [2.24, 2.45) is 4.99 Å². The van der Waals surface area contributed by atoms with E-state index in [9.17, 15) is 19.7 Å². The third kappa shape index (κ3) is 5.61. The summed E-state index contributed by atoms with van der Waals surface area (Å²) in [6.07, 6.45) is 2.80. The average Bonchev–Trinajstić information content (AvgIpc) is 3.60. The standard InChI is InChI=1S/C31H29N3O8S/c1-5-9-22-27(30(36)41-6-2)28(21-10-7-8-11-24(21)40-4)33-29(35)26(43-31(33)32-22)17-19-13-15-25(42-19)20-14-12-18(39-3)16-23(20)34(37)38/h7-8,10-17,28H,5-6,9H2,1-4H3/b26-17-/t28-/m0/s1. The highest BCUT2D eigenvalue weighted by atomic mass is 32.1. The van der Waals surface area contributed by atoms with Crippen LogP contribution < -0.4 is 24.4 Å². The van der Waals surface area contributed by atoms with Gasteiger partial charge in [-0.25, -0.2) is 9.79 Å². The van der Waals surface area contributed by atoms with Crippen molar-refractivity contribution < 1.29 is 28.3 Å². The molecule has 0 bridgehead atoms. The lowest BCUT2D eigenvalue weighted by Crippen LogP contribution is -2.40. The average molecular weight is 604 g/mol. The lowest BCUT2D eigenvalue weighted by Gasteiger charge is -2.26. The molecule has 0 aliphatic carbocycles. The number of para-hydroxylation sites is 1. The molecule has 0 saturated heterocycles. The van der Waals surface area contributed by atoms with Gasteiger partial charge in [-0.2, -0.15) is 0 Å². The van der Waals surface area contributed by atoms with E-state index in [0.717, 1.165) is 17.8 Å². The Hall–Kier alpha value is -4.97. The van der Waals surface area contributed by atoms with E-state index in [4.69, 9.17) is 23.6 Å². The summed E-state index contributed by atoms with van der Waals surface area (Å²) in [5, 5.41) is 11.7. The summed E-state index contributed by atoms with van der Waals surface area (Å²) >= 11 is 1.16. The van der Waals surface area contributed by atoms with E-state index in [1.54, 1.807) is 43.3 Å². The minimum Gasteiger partial charge on any atom is -0.497 e. The summed E-state index contributed by atoms with van der Waals surface area (Å²) in [5.41, 5.74) is 1.18. The molecule has 1 aliphatic rings. The molecule has 222 valence electrons. The predicted molar refractivity (Wildman–Crippen MR) is 160 cm³/mol. The molecule has 11 nitrogen and oxygen atoms in total. The van der Waals surface area contributed by atoms with Gasteiger partial charge in [0.1, 0.15) is 29.1 Å². The van der Waals surface area contributed by atoms with Gasteiger partial charge < -0.3 is 18.6 Å². The number of ether oxygens (including phenoxy) is 3. The molecular formula is C31H29N3O8S. The second kappa shape index (κ2) is 12.5. The van der Waals surface area contributed by atoms with Gasteiger partial charge in [0, 0.05) is 11.6 Å². The quantitative estimate of drug-likeness (QED) is 0.144. The topological polar surface area (TPSA) is 135 Å². The summed E-state index contributed by atoms with van der Waals surface area (Å²) in [4.78, 5) is 43.7. The van der Waals surface area contributed by atoms with Gasteiger partial charge in [-0.15, -0.1) is 0 Å².